The quantitative estimate of drug-likeness (QED) is 0.837. The van der Waals surface area contributed by atoms with Gasteiger partial charge >= 0.3 is 0 Å². The number of amides is 1. The Morgan fingerprint density at radius 2 is 2.20 bits per heavy atom. The number of nitrogens with zero attached hydrogens (tertiary/aromatic N) is 4. The summed E-state index contributed by atoms with van der Waals surface area (Å²) in [5.74, 6) is 0.483. The van der Waals surface area contributed by atoms with Gasteiger partial charge in [-0.2, -0.15) is 0 Å². The fourth-order valence-electron chi connectivity index (χ4n) is 2.17. The van der Waals surface area contributed by atoms with E-state index in [-0.39, 0.29) is 12.0 Å². The van der Waals surface area contributed by atoms with Crippen molar-refractivity contribution in [1.82, 2.24) is 19.9 Å². The Hall–Kier alpha value is -2.50. The van der Waals surface area contributed by atoms with Crippen LogP contribution in [0.3, 0.4) is 0 Å². The second-order valence-corrected chi connectivity index (χ2v) is 4.54. The molecule has 2 aromatic heterocycles. The molecule has 0 bridgehead atoms. The van der Waals surface area contributed by atoms with Crippen LogP contribution in [0.5, 0.6) is 5.88 Å². The number of pyridine rings is 1. The van der Waals surface area contributed by atoms with Crippen molar-refractivity contribution < 1.29 is 9.53 Å². The highest BCUT2D eigenvalue weighted by Gasteiger charge is 2.29. The highest BCUT2D eigenvalue weighted by atomic mass is 16.5. The first-order valence-electron chi connectivity index (χ1n) is 6.46. The summed E-state index contributed by atoms with van der Waals surface area (Å²) in [4.78, 5) is 26.0. The van der Waals surface area contributed by atoms with E-state index in [1.807, 2.05) is 18.2 Å². The van der Waals surface area contributed by atoms with Gasteiger partial charge in [0.2, 0.25) is 5.88 Å². The van der Waals surface area contributed by atoms with Gasteiger partial charge in [-0.25, -0.2) is 9.97 Å². The molecule has 0 aliphatic carbocycles. The van der Waals surface area contributed by atoms with Crippen LogP contribution in [0.15, 0.2) is 43.0 Å². The van der Waals surface area contributed by atoms with E-state index in [0.29, 0.717) is 24.7 Å². The summed E-state index contributed by atoms with van der Waals surface area (Å²) in [6.07, 6.45) is 7.01. The van der Waals surface area contributed by atoms with Gasteiger partial charge in [-0.1, -0.05) is 6.07 Å². The Morgan fingerprint density at radius 1 is 1.25 bits per heavy atom. The van der Waals surface area contributed by atoms with Gasteiger partial charge in [0.25, 0.3) is 5.91 Å². The number of ether oxygens (including phenoxy) is 1. The Bertz CT molecular complexity index is 576. The monoisotopic (exact) mass is 270 g/mol. The average Bonchev–Trinajstić information content (AvgIpc) is 2.97. The lowest BCUT2D eigenvalue weighted by Gasteiger charge is -2.16. The first-order chi connectivity index (χ1) is 9.83. The lowest BCUT2D eigenvalue weighted by Crippen LogP contribution is -2.31. The normalized spacial score (nSPS) is 18.0. The van der Waals surface area contributed by atoms with E-state index in [9.17, 15) is 4.79 Å². The molecule has 2 aromatic rings. The van der Waals surface area contributed by atoms with Crippen LogP contribution in [0, 0.1) is 0 Å². The molecule has 1 atom stereocenters. The molecule has 1 aliphatic heterocycles. The van der Waals surface area contributed by atoms with Crippen molar-refractivity contribution in [2.45, 2.75) is 12.5 Å². The highest BCUT2D eigenvalue weighted by Crippen LogP contribution is 2.17. The van der Waals surface area contributed by atoms with Crippen molar-refractivity contribution >= 4 is 5.91 Å². The van der Waals surface area contributed by atoms with Crippen molar-refractivity contribution in [2.24, 2.45) is 0 Å². The fourth-order valence-corrected chi connectivity index (χ4v) is 2.17. The van der Waals surface area contributed by atoms with Crippen LogP contribution in [0.4, 0.5) is 0 Å². The topological polar surface area (TPSA) is 68.2 Å². The van der Waals surface area contributed by atoms with Gasteiger partial charge in [-0.3, -0.25) is 9.78 Å². The van der Waals surface area contributed by atoms with Crippen LogP contribution in [0.25, 0.3) is 0 Å². The van der Waals surface area contributed by atoms with Gasteiger partial charge in [0.1, 0.15) is 11.8 Å². The summed E-state index contributed by atoms with van der Waals surface area (Å²) in [7, 11) is 0. The summed E-state index contributed by atoms with van der Waals surface area (Å²) in [6.45, 7) is 1.21. The highest BCUT2D eigenvalue weighted by molar-refractivity contribution is 5.92. The Labute approximate surface area is 116 Å². The first kappa shape index (κ1) is 12.5. The number of carbonyl (C=O) groups excluding carboxylic acids is 1. The van der Waals surface area contributed by atoms with Crippen molar-refractivity contribution in [2.75, 3.05) is 13.1 Å². The molecule has 20 heavy (non-hydrogen) atoms. The number of hydrogen-bond donors (Lipinski definition) is 0. The van der Waals surface area contributed by atoms with Gasteiger partial charge in [0.05, 0.1) is 12.7 Å². The number of likely N-dealkylation sites (tertiary alicyclic amines) is 1. The van der Waals surface area contributed by atoms with Crippen LogP contribution >= 0.6 is 0 Å². The van der Waals surface area contributed by atoms with E-state index in [1.54, 1.807) is 17.3 Å². The molecule has 0 saturated carbocycles. The number of hydrogen-bond acceptors (Lipinski definition) is 5. The van der Waals surface area contributed by atoms with Crippen LogP contribution in [-0.4, -0.2) is 45.0 Å². The van der Waals surface area contributed by atoms with Gasteiger partial charge in [-0.15, -0.1) is 0 Å². The zero-order chi connectivity index (χ0) is 13.8. The first-order valence-corrected chi connectivity index (χ1v) is 6.46. The number of carbonyl (C=O) groups is 1. The molecule has 6 heteroatoms. The van der Waals surface area contributed by atoms with E-state index in [1.165, 1.54) is 12.4 Å². The zero-order valence-corrected chi connectivity index (χ0v) is 10.8. The minimum absolute atomic E-state index is 0.0227. The number of rotatable bonds is 3. The predicted octanol–water partition coefficient (Wildman–Crippen LogP) is 1.17. The summed E-state index contributed by atoms with van der Waals surface area (Å²) in [5, 5.41) is 0. The molecule has 0 N–H and O–H groups in total. The van der Waals surface area contributed by atoms with E-state index in [0.717, 1.165) is 6.42 Å². The molecule has 1 unspecified atom stereocenters. The van der Waals surface area contributed by atoms with Gasteiger partial charge in [0.15, 0.2) is 0 Å². The molecule has 1 saturated heterocycles. The van der Waals surface area contributed by atoms with Crippen molar-refractivity contribution in [3.05, 3.63) is 48.7 Å². The van der Waals surface area contributed by atoms with Crippen LogP contribution in [0.1, 0.15) is 16.9 Å². The molecule has 3 rings (SSSR count). The SMILES string of the molecule is O=C(c1cnccn1)N1CCC(Oc2ccccn2)C1. The third-order valence-corrected chi connectivity index (χ3v) is 3.14. The molecule has 1 fully saturated rings. The van der Waals surface area contributed by atoms with E-state index in [4.69, 9.17) is 4.74 Å². The molecule has 3 heterocycles. The van der Waals surface area contributed by atoms with Gasteiger partial charge in [0, 0.05) is 37.6 Å². The lowest BCUT2D eigenvalue weighted by molar-refractivity contribution is 0.0765. The second-order valence-electron chi connectivity index (χ2n) is 4.54. The third-order valence-electron chi connectivity index (χ3n) is 3.14. The van der Waals surface area contributed by atoms with E-state index in [2.05, 4.69) is 15.0 Å². The predicted molar refractivity (Wildman–Crippen MR) is 71.2 cm³/mol. The van der Waals surface area contributed by atoms with Gasteiger partial charge in [-0.05, 0) is 6.07 Å². The molecular formula is C14H14N4O2. The maximum absolute atomic E-state index is 12.2. The Balaban J connectivity index is 1.61. The molecule has 0 spiro atoms. The maximum atomic E-state index is 12.2. The summed E-state index contributed by atoms with van der Waals surface area (Å²) in [6, 6.07) is 5.53. The molecule has 0 radical (unpaired) electrons. The van der Waals surface area contributed by atoms with E-state index >= 15 is 0 Å². The summed E-state index contributed by atoms with van der Waals surface area (Å²) >= 11 is 0. The largest absolute Gasteiger partial charge is 0.472 e. The molecule has 1 amide bonds. The lowest BCUT2D eigenvalue weighted by atomic mass is 10.3. The van der Waals surface area contributed by atoms with Crippen LogP contribution in [0.2, 0.25) is 0 Å². The van der Waals surface area contributed by atoms with Crippen LogP contribution < -0.4 is 4.74 Å². The molecule has 1 aliphatic rings. The van der Waals surface area contributed by atoms with Crippen LogP contribution in [-0.2, 0) is 0 Å². The minimum Gasteiger partial charge on any atom is -0.472 e. The standard InChI is InChI=1S/C14H14N4O2/c19-14(12-9-15-6-7-16-12)18-8-4-11(10-18)20-13-3-1-2-5-17-13/h1-3,5-7,9,11H,4,8,10H2. The summed E-state index contributed by atoms with van der Waals surface area (Å²) < 4.78 is 5.75. The molecule has 6 nitrogen and oxygen atoms in total. The smallest absolute Gasteiger partial charge is 0.274 e. The van der Waals surface area contributed by atoms with Crippen molar-refractivity contribution in [1.29, 1.82) is 0 Å². The van der Waals surface area contributed by atoms with Crippen molar-refractivity contribution in [3.8, 4) is 5.88 Å². The van der Waals surface area contributed by atoms with Gasteiger partial charge < -0.3 is 9.64 Å². The molecular weight excluding hydrogens is 256 g/mol. The maximum Gasteiger partial charge on any atom is 0.274 e. The number of aromatic nitrogens is 3. The Kier molecular flexibility index (Phi) is 3.54. The zero-order valence-electron chi connectivity index (χ0n) is 10.8. The second kappa shape index (κ2) is 5.64. The fraction of sp³-hybridized carbons (Fsp3) is 0.286. The molecule has 0 aromatic carbocycles. The van der Waals surface area contributed by atoms with E-state index < -0.39 is 0 Å². The summed E-state index contributed by atoms with van der Waals surface area (Å²) in [5.41, 5.74) is 0.367. The minimum atomic E-state index is -0.106. The average molecular weight is 270 g/mol. The van der Waals surface area contributed by atoms with Crippen molar-refractivity contribution in [3.63, 3.8) is 0 Å². The molecule has 102 valence electrons. The third kappa shape index (κ3) is 2.74. The Morgan fingerprint density at radius 3 is 2.95 bits per heavy atom.